The summed E-state index contributed by atoms with van der Waals surface area (Å²) in [5.41, 5.74) is 0. The van der Waals surface area contributed by atoms with Crippen molar-refractivity contribution in [2.24, 2.45) is 7.05 Å². The van der Waals surface area contributed by atoms with Crippen LogP contribution in [-0.2, 0) is 16.7 Å². The zero-order valence-electron chi connectivity index (χ0n) is 10.8. The molecule has 1 aliphatic rings. The smallest absolute Gasteiger partial charge is 0.486 e. The maximum absolute atomic E-state index is 12.1. The summed E-state index contributed by atoms with van der Waals surface area (Å²) in [4.78, 5) is 15.1. The predicted molar refractivity (Wildman–Crippen MR) is 60.6 cm³/mol. The molecule has 6 nitrogen and oxygen atoms in total. The van der Waals surface area contributed by atoms with Gasteiger partial charge in [-0.2, -0.15) is 18.3 Å². The normalized spacial score (nSPS) is 20.7. The molecule has 1 aromatic heterocycles. The fraction of sp³-hybridized carbons (Fsp3) is 0.636. The molecule has 0 saturated carbocycles. The molecule has 112 valence electrons. The minimum atomic E-state index is -4.99. The molecule has 2 rings (SSSR count). The van der Waals surface area contributed by atoms with Crippen molar-refractivity contribution >= 4 is 5.97 Å². The summed E-state index contributed by atoms with van der Waals surface area (Å²) in [6.45, 7) is 0.353. The number of hydrogen-bond acceptors (Lipinski definition) is 5. The molecule has 0 spiro atoms. The molecule has 0 bridgehead atoms. The van der Waals surface area contributed by atoms with E-state index in [1.165, 1.54) is 6.20 Å². The van der Waals surface area contributed by atoms with Crippen molar-refractivity contribution in [1.82, 2.24) is 14.8 Å². The van der Waals surface area contributed by atoms with Crippen LogP contribution in [0.5, 0.6) is 5.75 Å². The van der Waals surface area contributed by atoms with Crippen LogP contribution in [0, 0.1) is 0 Å². The van der Waals surface area contributed by atoms with Gasteiger partial charge in [-0.1, -0.05) is 0 Å². The molecule has 9 heteroatoms. The molecule has 2 heterocycles. The van der Waals surface area contributed by atoms with Gasteiger partial charge in [-0.15, -0.1) is 5.06 Å². The average molecular weight is 293 g/mol. The van der Waals surface area contributed by atoms with E-state index in [0.717, 1.165) is 5.06 Å². The second-order valence-electron chi connectivity index (χ2n) is 4.50. The van der Waals surface area contributed by atoms with E-state index < -0.39 is 12.1 Å². The second kappa shape index (κ2) is 5.70. The fourth-order valence-electron chi connectivity index (χ4n) is 1.91. The third-order valence-electron chi connectivity index (χ3n) is 2.77. The Morgan fingerprint density at radius 1 is 1.50 bits per heavy atom. The van der Waals surface area contributed by atoms with Crippen LogP contribution in [0.25, 0.3) is 0 Å². The summed E-state index contributed by atoms with van der Waals surface area (Å²) in [7, 11) is 1.73. The van der Waals surface area contributed by atoms with Gasteiger partial charge in [-0.05, 0) is 12.8 Å². The highest BCUT2D eigenvalue weighted by Gasteiger charge is 2.43. The topological polar surface area (TPSA) is 56.6 Å². The van der Waals surface area contributed by atoms with E-state index in [0.29, 0.717) is 18.6 Å². The van der Waals surface area contributed by atoms with Crippen molar-refractivity contribution in [2.45, 2.75) is 25.1 Å². The Morgan fingerprint density at radius 2 is 2.25 bits per heavy atom. The maximum atomic E-state index is 12.1. The first-order chi connectivity index (χ1) is 9.34. The van der Waals surface area contributed by atoms with Crippen molar-refractivity contribution in [3.8, 4) is 5.75 Å². The lowest BCUT2D eigenvalue weighted by Gasteiger charge is -2.31. The second-order valence-corrected chi connectivity index (χ2v) is 4.50. The number of hydroxylamine groups is 2. The molecule has 20 heavy (non-hydrogen) atoms. The fourth-order valence-corrected chi connectivity index (χ4v) is 1.91. The largest absolute Gasteiger partial charge is 0.492 e. The number of ether oxygens (including phenoxy) is 1. The van der Waals surface area contributed by atoms with E-state index in [9.17, 15) is 18.0 Å². The quantitative estimate of drug-likeness (QED) is 0.840. The third kappa shape index (κ3) is 3.86. The molecule has 1 saturated heterocycles. The van der Waals surface area contributed by atoms with Gasteiger partial charge in [0.2, 0.25) is 0 Å². The van der Waals surface area contributed by atoms with Crippen LogP contribution in [0.1, 0.15) is 12.8 Å². The zero-order valence-corrected chi connectivity index (χ0v) is 10.8. The van der Waals surface area contributed by atoms with Crippen molar-refractivity contribution in [1.29, 1.82) is 0 Å². The van der Waals surface area contributed by atoms with Gasteiger partial charge in [-0.25, -0.2) is 4.79 Å². The molecule has 0 amide bonds. The molecule has 1 fully saturated rings. The Labute approximate surface area is 113 Å². The number of halogens is 3. The van der Waals surface area contributed by atoms with Gasteiger partial charge in [0.15, 0.2) is 5.75 Å². The van der Waals surface area contributed by atoms with E-state index >= 15 is 0 Å². The lowest BCUT2D eigenvalue weighted by molar-refractivity contribution is -0.244. The van der Waals surface area contributed by atoms with Crippen molar-refractivity contribution in [2.75, 3.05) is 13.1 Å². The Morgan fingerprint density at radius 3 is 2.85 bits per heavy atom. The number of alkyl halides is 3. The molecule has 0 aliphatic carbocycles. The average Bonchev–Trinajstić information content (AvgIpc) is 2.74. The molecule has 0 N–H and O–H groups in total. The third-order valence-corrected chi connectivity index (χ3v) is 2.77. The lowest BCUT2D eigenvalue weighted by Crippen LogP contribution is -2.44. The Hall–Kier alpha value is -1.77. The highest BCUT2D eigenvalue weighted by Crippen LogP contribution is 2.21. The summed E-state index contributed by atoms with van der Waals surface area (Å²) < 4.78 is 43.5. The number of rotatable bonds is 3. The van der Waals surface area contributed by atoms with E-state index in [4.69, 9.17) is 4.74 Å². The summed E-state index contributed by atoms with van der Waals surface area (Å²) in [6.07, 6.45) is -0.905. The summed E-state index contributed by atoms with van der Waals surface area (Å²) >= 11 is 0. The summed E-state index contributed by atoms with van der Waals surface area (Å²) in [5.74, 6) is -1.68. The van der Waals surface area contributed by atoms with Crippen LogP contribution < -0.4 is 4.74 Å². The van der Waals surface area contributed by atoms with Gasteiger partial charge in [0.25, 0.3) is 0 Å². The van der Waals surface area contributed by atoms with E-state index in [1.54, 1.807) is 17.9 Å². The Bertz CT molecular complexity index is 475. The first-order valence-corrected chi connectivity index (χ1v) is 6.04. The van der Waals surface area contributed by atoms with Gasteiger partial charge in [0, 0.05) is 13.6 Å². The molecule has 0 unspecified atom stereocenters. The van der Waals surface area contributed by atoms with Crippen LogP contribution in [0.2, 0.25) is 0 Å². The van der Waals surface area contributed by atoms with Crippen molar-refractivity contribution < 1.29 is 27.5 Å². The zero-order chi connectivity index (χ0) is 14.8. The summed E-state index contributed by atoms with van der Waals surface area (Å²) in [6, 6.07) is 0. The molecular formula is C11H14F3N3O3. The summed E-state index contributed by atoms with van der Waals surface area (Å²) in [5, 5.41) is 4.91. The predicted octanol–water partition coefficient (Wildman–Crippen LogP) is 1.28. The number of hydrogen-bond donors (Lipinski definition) is 0. The number of nitrogens with zero attached hydrogens (tertiary/aromatic N) is 3. The van der Waals surface area contributed by atoms with Crippen molar-refractivity contribution in [3.05, 3.63) is 12.4 Å². The molecule has 0 aromatic carbocycles. The number of aryl methyl sites for hydroxylation is 1. The lowest BCUT2D eigenvalue weighted by atomic mass is 10.1. The van der Waals surface area contributed by atoms with Gasteiger partial charge in [0.05, 0.1) is 18.9 Å². The highest BCUT2D eigenvalue weighted by molar-refractivity contribution is 5.75. The maximum Gasteiger partial charge on any atom is 0.492 e. The van der Waals surface area contributed by atoms with Crippen molar-refractivity contribution in [3.63, 3.8) is 0 Å². The standard InChI is InChI=1S/C11H14F3N3O3/c1-16-6-9(5-15-16)19-8-3-2-4-17(7-8)20-10(18)11(12,13)14/h5-6,8H,2-4,7H2,1H3/t8-/m0/s1. The Balaban J connectivity index is 1.87. The number of carbonyl (C=O) groups is 1. The number of piperidine rings is 1. The minimum absolute atomic E-state index is 0.0940. The van der Waals surface area contributed by atoms with Gasteiger partial charge >= 0.3 is 12.1 Å². The molecule has 1 atom stereocenters. The molecular weight excluding hydrogens is 279 g/mol. The first-order valence-electron chi connectivity index (χ1n) is 6.04. The van der Waals surface area contributed by atoms with Gasteiger partial charge < -0.3 is 9.57 Å². The monoisotopic (exact) mass is 293 g/mol. The first kappa shape index (κ1) is 14.6. The van der Waals surface area contributed by atoms with Crippen LogP contribution in [0.15, 0.2) is 12.4 Å². The van der Waals surface area contributed by atoms with E-state index in [1.807, 2.05) is 0 Å². The van der Waals surface area contributed by atoms with E-state index in [-0.39, 0.29) is 19.2 Å². The van der Waals surface area contributed by atoms with E-state index in [2.05, 4.69) is 9.94 Å². The highest BCUT2D eigenvalue weighted by atomic mass is 19.4. The Kier molecular flexibility index (Phi) is 4.17. The SMILES string of the molecule is Cn1cc(O[C@H]2CCCN(OC(=O)C(F)(F)F)C2)cn1. The minimum Gasteiger partial charge on any atom is -0.486 e. The van der Waals surface area contributed by atoms with Crippen LogP contribution in [0.3, 0.4) is 0 Å². The molecule has 1 aromatic rings. The number of carbonyl (C=O) groups excluding carboxylic acids is 1. The van der Waals surface area contributed by atoms with Crippen LogP contribution in [0.4, 0.5) is 13.2 Å². The van der Waals surface area contributed by atoms with Gasteiger partial charge in [-0.3, -0.25) is 4.68 Å². The number of aromatic nitrogens is 2. The molecule has 1 aliphatic heterocycles. The van der Waals surface area contributed by atoms with Crippen LogP contribution in [-0.4, -0.2) is 46.2 Å². The molecule has 0 radical (unpaired) electrons. The van der Waals surface area contributed by atoms with Crippen LogP contribution >= 0.6 is 0 Å². The van der Waals surface area contributed by atoms with Gasteiger partial charge in [0.1, 0.15) is 6.10 Å².